The number of halogens is 1. The van der Waals surface area contributed by atoms with E-state index in [-0.39, 0.29) is 5.56 Å². The summed E-state index contributed by atoms with van der Waals surface area (Å²) in [6.07, 6.45) is 5.58. The van der Waals surface area contributed by atoms with E-state index in [1.807, 2.05) is 42.6 Å². The molecule has 5 nitrogen and oxygen atoms in total. The molecule has 0 saturated carbocycles. The van der Waals surface area contributed by atoms with Gasteiger partial charge in [-0.1, -0.05) is 40.2 Å². The van der Waals surface area contributed by atoms with Crippen LogP contribution in [0.1, 0.15) is 11.4 Å². The Hall–Kier alpha value is -2.99. The summed E-state index contributed by atoms with van der Waals surface area (Å²) in [5.74, 6) is 0.543. The highest BCUT2D eigenvalue weighted by atomic mass is 79.9. The summed E-state index contributed by atoms with van der Waals surface area (Å²) < 4.78 is 4.28. The molecule has 0 N–H and O–H groups in total. The minimum Gasteiger partial charge on any atom is -0.343 e. The lowest BCUT2D eigenvalue weighted by Gasteiger charge is -2.05. The molecule has 0 amide bonds. The largest absolute Gasteiger partial charge is 0.343 e. The van der Waals surface area contributed by atoms with E-state index >= 15 is 0 Å². The van der Waals surface area contributed by atoms with E-state index < -0.39 is 0 Å². The molecule has 6 heteroatoms. The molecule has 2 aromatic carbocycles. The zero-order valence-corrected chi connectivity index (χ0v) is 16.3. The van der Waals surface area contributed by atoms with Crippen LogP contribution in [-0.2, 0) is 6.54 Å². The topological polar surface area (TPSA) is 52.2 Å². The van der Waals surface area contributed by atoms with Crippen LogP contribution in [-0.4, -0.2) is 20.4 Å². The minimum absolute atomic E-state index is 0.190. The number of fused-ring (bicyclic) bond motifs is 2. The highest BCUT2D eigenvalue weighted by Crippen LogP contribution is 2.20. The van der Waals surface area contributed by atoms with Gasteiger partial charge < -0.3 is 4.57 Å². The minimum atomic E-state index is -0.190. The molecule has 0 bridgehead atoms. The average Bonchev–Trinajstić information content (AvgIpc) is 3.01. The Labute approximate surface area is 164 Å². The first-order valence-electron chi connectivity index (χ1n) is 8.50. The number of hydrogen-bond acceptors (Lipinski definition) is 3. The molecular weight excluding hydrogens is 404 g/mol. The van der Waals surface area contributed by atoms with Gasteiger partial charge >= 0.3 is 0 Å². The van der Waals surface area contributed by atoms with E-state index in [1.165, 1.54) is 4.68 Å². The maximum Gasteiger partial charge on any atom is 0.282 e. The molecule has 0 radical (unpaired) electrons. The number of aromatic nitrogens is 3. The van der Waals surface area contributed by atoms with Crippen molar-refractivity contribution in [1.82, 2.24) is 14.2 Å². The summed E-state index contributed by atoms with van der Waals surface area (Å²) in [7, 11) is 0. The molecule has 0 aliphatic carbocycles. The first-order valence-corrected chi connectivity index (χ1v) is 9.30. The van der Waals surface area contributed by atoms with Gasteiger partial charge in [-0.15, -0.1) is 6.58 Å². The molecular formula is C21H17BrN4O. The van der Waals surface area contributed by atoms with Crippen LogP contribution in [0.5, 0.6) is 0 Å². The number of hydrogen-bond donors (Lipinski definition) is 0. The van der Waals surface area contributed by atoms with Gasteiger partial charge in [0.15, 0.2) is 0 Å². The lowest BCUT2D eigenvalue weighted by Crippen LogP contribution is -2.20. The second kappa shape index (κ2) is 6.96. The van der Waals surface area contributed by atoms with Gasteiger partial charge in [-0.25, -0.2) is 4.98 Å². The highest BCUT2D eigenvalue weighted by Gasteiger charge is 2.09. The monoisotopic (exact) mass is 420 g/mol. The third kappa shape index (κ3) is 3.13. The fraction of sp³-hybridized carbons (Fsp3) is 0.0952. The van der Waals surface area contributed by atoms with Crippen LogP contribution in [0, 0.1) is 6.92 Å². The van der Waals surface area contributed by atoms with Crippen molar-refractivity contribution in [2.75, 3.05) is 0 Å². The van der Waals surface area contributed by atoms with Crippen molar-refractivity contribution in [3.8, 4) is 0 Å². The van der Waals surface area contributed by atoms with Crippen LogP contribution >= 0.6 is 15.9 Å². The maximum absolute atomic E-state index is 12.9. The summed E-state index contributed by atoms with van der Waals surface area (Å²) in [4.78, 5) is 17.4. The number of aryl methyl sites for hydroxylation is 1. The number of rotatable bonds is 4. The normalized spacial score (nSPS) is 11.6. The predicted octanol–water partition coefficient (Wildman–Crippen LogP) is 4.49. The third-order valence-corrected chi connectivity index (χ3v) is 4.92. The Morgan fingerprint density at radius 1 is 1.22 bits per heavy atom. The second-order valence-corrected chi connectivity index (χ2v) is 7.14. The van der Waals surface area contributed by atoms with E-state index in [0.717, 1.165) is 20.9 Å². The number of nitrogens with zero attached hydrogens (tertiary/aromatic N) is 4. The molecule has 27 heavy (non-hydrogen) atoms. The lowest BCUT2D eigenvalue weighted by molar-refractivity contribution is 0.770. The molecule has 0 saturated heterocycles. The number of allylic oxidation sites excluding steroid dienone is 1. The Balaban J connectivity index is 1.85. The van der Waals surface area contributed by atoms with Gasteiger partial charge in [0, 0.05) is 33.7 Å². The maximum atomic E-state index is 12.9. The zero-order valence-electron chi connectivity index (χ0n) is 14.8. The fourth-order valence-electron chi connectivity index (χ4n) is 3.18. The van der Waals surface area contributed by atoms with E-state index in [1.54, 1.807) is 19.2 Å². The summed E-state index contributed by atoms with van der Waals surface area (Å²) in [6.45, 7) is 6.30. The average molecular weight is 421 g/mol. The molecule has 4 aromatic rings. The van der Waals surface area contributed by atoms with E-state index in [2.05, 4.69) is 43.2 Å². The van der Waals surface area contributed by atoms with E-state index in [9.17, 15) is 4.79 Å². The van der Waals surface area contributed by atoms with E-state index in [0.29, 0.717) is 23.3 Å². The van der Waals surface area contributed by atoms with Crippen molar-refractivity contribution >= 4 is 44.0 Å². The number of para-hydroxylation sites is 1. The third-order valence-electron chi connectivity index (χ3n) is 4.43. The Kier molecular flexibility index (Phi) is 4.49. The molecule has 0 aliphatic rings. The Morgan fingerprint density at radius 3 is 2.85 bits per heavy atom. The van der Waals surface area contributed by atoms with Crippen LogP contribution < -0.4 is 5.56 Å². The summed E-state index contributed by atoms with van der Waals surface area (Å²) >= 11 is 3.40. The fourth-order valence-corrected chi connectivity index (χ4v) is 3.54. The van der Waals surface area contributed by atoms with E-state index in [4.69, 9.17) is 0 Å². The molecule has 4 rings (SSSR count). The molecule has 0 unspecified atom stereocenters. The molecule has 0 aliphatic heterocycles. The van der Waals surface area contributed by atoms with Gasteiger partial charge in [0.05, 0.1) is 17.1 Å². The highest BCUT2D eigenvalue weighted by molar-refractivity contribution is 9.10. The van der Waals surface area contributed by atoms with Crippen LogP contribution in [0.2, 0.25) is 0 Å². The zero-order chi connectivity index (χ0) is 19.0. The molecule has 0 fully saturated rings. The summed E-state index contributed by atoms with van der Waals surface area (Å²) in [5.41, 5.74) is 2.51. The lowest BCUT2D eigenvalue weighted by atomic mass is 10.2. The Morgan fingerprint density at radius 2 is 2.04 bits per heavy atom. The predicted molar refractivity (Wildman–Crippen MR) is 114 cm³/mol. The van der Waals surface area contributed by atoms with Gasteiger partial charge in [0.1, 0.15) is 5.82 Å². The van der Waals surface area contributed by atoms with Crippen LogP contribution in [0.3, 0.4) is 0 Å². The van der Waals surface area contributed by atoms with Crippen LogP contribution in [0.4, 0.5) is 0 Å². The van der Waals surface area contributed by atoms with Gasteiger partial charge in [-0.05, 0) is 31.2 Å². The summed E-state index contributed by atoms with van der Waals surface area (Å²) in [5, 5.41) is 6.04. The van der Waals surface area contributed by atoms with Crippen LogP contribution in [0.25, 0.3) is 21.8 Å². The SMILES string of the molecule is C=CCn1cc(C=Nn2c(C)nc3ccc(Br)cc3c2=O)c2ccccc21. The van der Waals surface area contributed by atoms with Crippen molar-refractivity contribution < 1.29 is 0 Å². The summed E-state index contributed by atoms with van der Waals surface area (Å²) in [6, 6.07) is 13.6. The van der Waals surface area contributed by atoms with Gasteiger partial charge in [-0.3, -0.25) is 4.79 Å². The quantitative estimate of drug-likeness (QED) is 0.360. The molecule has 2 heterocycles. The van der Waals surface area contributed by atoms with Gasteiger partial charge in [0.2, 0.25) is 0 Å². The van der Waals surface area contributed by atoms with Crippen molar-refractivity contribution in [1.29, 1.82) is 0 Å². The van der Waals surface area contributed by atoms with Gasteiger partial charge in [0.25, 0.3) is 5.56 Å². The molecule has 0 atom stereocenters. The van der Waals surface area contributed by atoms with Gasteiger partial charge in [-0.2, -0.15) is 9.78 Å². The van der Waals surface area contributed by atoms with Crippen molar-refractivity contribution in [2.45, 2.75) is 13.5 Å². The standard InChI is InChI=1S/C21H17BrN4O/c1-3-10-25-13-15(17-6-4-5-7-20(17)25)12-23-26-14(2)24-19-9-8-16(22)11-18(19)21(26)27/h3-9,11-13H,1,10H2,2H3. The van der Waals surface area contributed by atoms with Crippen molar-refractivity contribution in [2.24, 2.45) is 5.10 Å². The van der Waals surface area contributed by atoms with Crippen molar-refractivity contribution in [3.05, 3.63) is 87.5 Å². The molecule has 134 valence electrons. The molecule has 0 spiro atoms. The molecule has 2 aromatic heterocycles. The first-order chi connectivity index (χ1) is 13.1. The smallest absolute Gasteiger partial charge is 0.282 e. The Bertz CT molecular complexity index is 1270. The first kappa shape index (κ1) is 17.4. The van der Waals surface area contributed by atoms with Crippen molar-refractivity contribution in [3.63, 3.8) is 0 Å². The second-order valence-electron chi connectivity index (χ2n) is 6.22. The van der Waals surface area contributed by atoms with Crippen LogP contribution in [0.15, 0.2) is 75.7 Å². The number of benzene rings is 2.